The van der Waals surface area contributed by atoms with Crippen molar-refractivity contribution in [1.82, 2.24) is 0 Å². The average Bonchev–Trinajstić information content (AvgIpc) is 2.06. The average molecular weight is 377 g/mol. The molecule has 1 amide bonds. The zero-order valence-electron chi connectivity index (χ0n) is 8.86. The van der Waals surface area contributed by atoms with Crippen molar-refractivity contribution in [2.24, 2.45) is 0 Å². The molecule has 1 rings (SSSR count). The smallest absolute Gasteiger partial charge is 0.222 e. The molecule has 0 aliphatic heterocycles. The molecule has 0 aliphatic rings. The van der Waals surface area contributed by atoms with Crippen molar-refractivity contribution in [1.29, 1.82) is 0 Å². The summed E-state index contributed by atoms with van der Waals surface area (Å²) in [4.78, 5) is 11.0. The summed E-state index contributed by atoms with van der Waals surface area (Å²) in [6, 6.07) is 9.25. The van der Waals surface area contributed by atoms with E-state index in [2.05, 4.69) is 5.32 Å². The van der Waals surface area contributed by atoms with Crippen LogP contribution in [0.2, 0.25) is 0 Å². The van der Waals surface area contributed by atoms with E-state index in [1.165, 1.54) is 0 Å². The summed E-state index contributed by atoms with van der Waals surface area (Å²) in [5.41, 5.74) is 7.63. The summed E-state index contributed by atoms with van der Waals surface area (Å²) >= 11 is 0. The summed E-state index contributed by atoms with van der Waals surface area (Å²) in [6.45, 7) is 0.138. The first-order valence-electron chi connectivity index (χ1n) is 3.82. The fourth-order valence-electron chi connectivity index (χ4n) is 0.859. The van der Waals surface area contributed by atoms with Crippen molar-refractivity contribution in [2.75, 3.05) is 11.9 Å². The molecule has 0 spiro atoms. The fraction of sp³-hybridized carbons (Fsp3) is 0.222. The third-order valence-corrected chi connectivity index (χ3v) is 1.41. The van der Waals surface area contributed by atoms with Crippen LogP contribution in [0.4, 0.5) is 5.69 Å². The second-order valence-electron chi connectivity index (χ2n) is 2.41. The number of carbonyl (C=O) groups is 1. The van der Waals surface area contributed by atoms with Gasteiger partial charge in [-0.15, -0.1) is 6.54 Å². The maximum atomic E-state index is 11.0. The third kappa shape index (κ3) is 11.3. The Morgan fingerprint density at radius 3 is 2.06 bits per heavy atom. The quantitative estimate of drug-likeness (QED) is 0.808. The Balaban J connectivity index is -0.000000180. The molecule has 1 aromatic carbocycles. The SMILES string of the molecule is O.O.[NH-]CCC(=O)Nc1ccccc1.[Y].[Y]. The normalized spacial score (nSPS) is 7.06. The second-order valence-corrected chi connectivity index (χ2v) is 2.41. The van der Waals surface area contributed by atoms with Gasteiger partial charge < -0.3 is 22.0 Å². The predicted molar refractivity (Wildman–Crippen MR) is 56.1 cm³/mol. The van der Waals surface area contributed by atoms with Crippen molar-refractivity contribution in [3.8, 4) is 0 Å². The first-order valence-corrected chi connectivity index (χ1v) is 3.82. The minimum absolute atomic E-state index is 0. The fourth-order valence-corrected chi connectivity index (χ4v) is 0.859. The molecule has 5 nitrogen and oxygen atoms in total. The van der Waals surface area contributed by atoms with Crippen molar-refractivity contribution in [3.05, 3.63) is 36.1 Å². The molecule has 0 saturated carbocycles. The molecule has 7 heteroatoms. The van der Waals surface area contributed by atoms with Crippen LogP contribution in [0.15, 0.2) is 30.3 Å². The predicted octanol–water partition coefficient (Wildman–Crippen LogP) is 0.413. The van der Waals surface area contributed by atoms with Gasteiger partial charge in [-0.3, -0.25) is 4.79 Å². The Kier molecular flexibility index (Phi) is 25.2. The number of para-hydroxylation sites is 1. The number of anilines is 1. The molecule has 0 heterocycles. The molecule has 0 atom stereocenters. The summed E-state index contributed by atoms with van der Waals surface area (Å²) in [5, 5.41) is 2.68. The molecule has 0 unspecified atom stereocenters. The van der Waals surface area contributed by atoms with Gasteiger partial charge in [0.15, 0.2) is 0 Å². The molecule has 0 aliphatic carbocycles. The monoisotopic (exact) mass is 377 g/mol. The molecular weight excluding hydrogens is 362 g/mol. The third-order valence-electron chi connectivity index (χ3n) is 1.41. The van der Waals surface area contributed by atoms with Crippen LogP contribution in [0, 0.1) is 0 Å². The molecule has 0 fully saturated rings. The Morgan fingerprint density at radius 1 is 1.12 bits per heavy atom. The molecule has 16 heavy (non-hydrogen) atoms. The van der Waals surface area contributed by atoms with Crippen LogP contribution < -0.4 is 5.32 Å². The van der Waals surface area contributed by atoms with E-state index in [1.54, 1.807) is 0 Å². The van der Waals surface area contributed by atoms with Gasteiger partial charge in [-0.2, -0.15) is 0 Å². The van der Waals surface area contributed by atoms with E-state index in [1.807, 2.05) is 30.3 Å². The van der Waals surface area contributed by atoms with E-state index in [0.29, 0.717) is 0 Å². The molecule has 0 saturated heterocycles. The minimum Gasteiger partial charge on any atom is -0.677 e. The Bertz CT molecular complexity index is 260. The van der Waals surface area contributed by atoms with Crippen molar-refractivity contribution >= 4 is 11.6 Å². The summed E-state index contributed by atoms with van der Waals surface area (Å²) < 4.78 is 0. The maximum Gasteiger partial charge on any atom is 0.222 e. The van der Waals surface area contributed by atoms with Gasteiger partial charge in [-0.1, -0.05) is 18.2 Å². The van der Waals surface area contributed by atoms with Gasteiger partial charge in [0, 0.05) is 77.5 Å². The Labute approximate surface area is 145 Å². The molecule has 6 N–H and O–H groups in total. The van der Waals surface area contributed by atoms with Crippen LogP contribution >= 0.6 is 0 Å². The van der Waals surface area contributed by atoms with E-state index >= 15 is 0 Å². The van der Waals surface area contributed by atoms with Gasteiger partial charge in [0.25, 0.3) is 0 Å². The van der Waals surface area contributed by atoms with Crippen molar-refractivity contribution < 1.29 is 81.2 Å². The van der Waals surface area contributed by atoms with Crippen LogP contribution in [0.1, 0.15) is 6.42 Å². The second kappa shape index (κ2) is 15.8. The molecule has 86 valence electrons. The van der Waals surface area contributed by atoms with Gasteiger partial charge in [0.2, 0.25) is 5.91 Å². The molecule has 0 aromatic heterocycles. The number of hydrogen-bond acceptors (Lipinski definition) is 1. The number of rotatable bonds is 3. The van der Waals surface area contributed by atoms with Gasteiger partial charge in [0.1, 0.15) is 0 Å². The van der Waals surface area contributed by atoms with E-state index in [4.69, 9.17) is 5.73 Å². The summed E-state index contributed by atoms with van der Waals surface area (Å²) in [6.07, 6.45) is 0.259. The number of amides is 1. The van der Waals surface area contributed by atoms with E-state index in [0.717, 1.165) is 5.69 Å². The minimum atomic E-state index is -0.101. The number of hydrogen-bond donors (Lipinski definition) is 1. The first kappa shape index (κ1) is 25.6. The van der Waals surface area contributed by atoms with Crippen molar-refractivity contribution in [2.45, 2.75) is 6.42 Å². The van der Waals surface area contributed by atoms with Gasteiger partial charge in [0.05, 0.1) is 0 Å². The zero-order chi connectivity index (χ0) is 8.81. The van der Waals surface area contributed by atoms with Gasteiger partial charge >= 0.3 is 0 Å². The summed E-state index contributed by atoms with van der Waals surface area (Å²) in [7, 11) is 0. The van der Waals surface area contributed by atoms with Crippen LogP contribution in [-0.2, 0) is 70.2 Å². The van der Waals surface area contributed by atoms with Crippen LogP contribution in [0.25, 0.3) is 5.73 Å². The Hall–Kier alpha value is 0.778. The van der Waals surface area contributed by atoms with E-state index in [-0.39, 0.29) is 95.2 Å². The van der Waals surface area contributed by atoms with Gasteiger partial charge in [-0.25, -0.2) is 0 Å². The van der Waals surface area contributed by atoms with Crippen molar-refractivity contribution in [3.63, 3.8) is 0 Å². The number of carbonyl (C=O) groups excluding carboxylic acids is 1. The van der Waals surface area contributed by atoms with E-state index in [9.17, 15) is 4.79 Å². The molecule has 1 aromatic rings. The Morgan fingerprint density at radius 2 is 1.62 bits per heavy atom. The summed E-state index contributed by atoms with van der Waals surface area (Å²) in [5.74, 6) is -0.101. The van der Waals surface area contributed by atoms with Crippen LogP contribution in [0.5, 0.6) is 0 Å². The molecule has 0 bridgehead atoms. The van der Waals surface area contributed by atoms with E-state index < -0.39 is 0 Å². The largest absolute Gasteiger partial charge is 0.677 e. The van der Waals surface area contributed by atoms with Crippen LogP contribution in [-0.4, -0.2) is 23.4 Å². The first-order chi connectivity index (χ1) is 5.83. The van der Waals surface area contributed by atoms with Gasteiger partial charge in [-0.05, 0) is 12.1 Å². The number of benzene rings is 1. The number of nitrogens with one attached hydrogen (secondary N) is 2. The van der Waals surface area contributed by atoms with Crippen LogP contribution in [0.3, 0.4) is 0 Å². The standard InChI is InChI=1S/C9H11N2O.2H2O.2Y/c10-7-6-9(12)11-8-4-2-1-3-5-8;;;;/h1-5,10H,6-7H2,(H,11,12);2*1H2;;/q-1;;;;. The topological polar surface area (TPSA) is 116 Å². The molecule has 2 radical (unpaired) electrons. The zero-order valence-corrected chi connectivity index (χ0v) is 14.5. The maximum absolute atomic E-state index is 11.0. The molecular formula is C9H15N2O3Y2-.